The molecule has 0 unspecified atom stereocenters. The first kappa shape index (κ1) is 26.7. The Morgan fingerprint density at radius 2 is 1.74 bits per heavy atom. The molecule has 39 heavy (non-hydrogen) atoms. The molecule has 1 aliphatic rings. The summed E-state index contributed by atoms with van der Waals surface area (Å²) in [5, 5.41) is 0.736. The first-order valence-corrected chi connectivity index (χ1v) is 14.1. The van der Waals surface area contributed by atoms with Gasteiger partial charge in [0.2, 0.25) is 0 Å². The van der Waals surface area contributed by atoms with Crippen molar-refractivity contribution in [2.75, 3.05) is 33.3 Å². The molecule has 1 fully saturated rings. The summed E-state index contributed by atoms with van der Waals surface area (Å²) in [6.45, 7) is 2.23. The van der Waals surface area contributed by atoms with Gasteiger partial charge in [-0.2, -0.15) is 0 Å². The first-order valence-electron chi connectivity index (χ1n) is 12.4. The van der Waals surface area contributed by atoms with Gasteiger partial charge in [-0.25, -0.2) is 17.2 Å². The van der Waals surface area contributed by atoms with E-state index < -0.39 is 21.5 Å². The summed E-state index contributed by atoms with van der Waals surface area (Å²) in [6, 6.07) is 16.9. The molecule has 0 N–H and O–H groups in total. The molecule has 0 aliphatic carbocycles. The van der Waals surface area contributed by atoms with Gasteiger partial charge in [-0.15, -0.1) is 0 Å². The number of rotatable bonds is 7. The maximum absolute atomic E-state index is 14.0. The highest BCUT2D eigenvalue weighted by Gasteiger charge is 2.26. The van der Waals surface area contributed by atoms with Crippen LogP contribution in [-0.2, 0) is 22.1 Å². The number of methoxy groups -OCH3 is 1. The van der Waals surface area contributed by atoms with Gasteiger partial charge in [0.1, 0.15) is 17.4 Å². The lowest BCUT2D eigenvalue weighted by molar-refractivity contribution is 0.0623. The number of amides is 1. The molecule has 2 heterocycles. The van der Waals surface area contributed by atoms with Crippen molar-refractivity contribution < 1.29 is 26.7 Å². The number of sulfone groups is 1. The topological polar surface area (TPSA) is 79.8 Å². The Bertz CT molecular complexity index is 1630. The van der Waals surface area contributed by atoms with Gasteiger partial charge in [0.25, 0.3) is 5.91 Å². The van der Waals surface area contributed by atoms with Crippen molar-refractivity contribution in [1.29, 1.82) is 0 Å². The van der Waals surface area contributed by atoms with Crippen LogP contribution in [0.5, 0.6) is 5.75 Å². The Hall–Kier alpha value is -3.89. The van der Waals surface area contributed by atoms with E-state index in [-0.39, 0.29) is 16.6 Å². The summed E-state index contributed by atoms with van der Waals surface area (Å²) in [7, 11) is -2.28. The SMILES string of the molecule is COc1cc(CS(=O)(=O)c2cccc3cccnc23)ccc1C(=O)N1CCN(Cc2ccc(F)cc2F)CC1. The molecule has 1 amide bonds. The van der Waals surface area contributed by atoms with Crippen LogP contribution in [0.25, 0.3) is 10.9 Å². The predicted octanol–water partition coefficient (Wildman–Crippen LogP) is 4.45. The van der Waals surface area contributed by atoms with E-state index in [0.717, 1.165) is 11.5 Å². The minimum absolute atomic E-state index is 0.151. The number of ether oxygens (including phenoxy) is 1. The molecule has 0 radical (unpaired) electrons. The third-order valence-electron chi connectivity index (χ3n) is 6.85. The highest BCUT2D eigenvalue weighted by molar-refractivity contribution is 7.90. The van der Waals surface area contributed by atoms with Crippen molar-refractivity contribution >= 4 is 26.6 Å². The average Bonchev–Trinajstić information content (AvgIpc) is 2.94. The Balaban J connectivity index is 1.28. The van der Waals surface area contributed by atoms with Crippen molar-refractivity contribution in [2.24, 2.45) is 0 Å². The van der Waals surface area contributed by atoms with E-state index in [0.29, 0.717) is 60.7 Å². The van der Waals surface area contributed by atoms with Gasteiger partial charge in [-0.3, -0.25) is 14.7 Å². The Kier molecular flexibility index (Phi) is 7.58. The molecule has 1 aromatic heterocycles. The maximum atomic E-state index is 14.0. The zero-order valence-electron chi connectivity index (χ0n) is 21.3. The van der Waals surface area contributed by atoms with Gasteiger partial charge in [-0.05, 0) is 35.9 Å². The monoisotopic (exact) mass is 551 g/mol. The van der Waals surface area contributed by atoms with Crippen molar-refractivity contribution in [1.82, 2.24) is 14.8 Å². The van der Waals surface area contributed by atoms with E-state index in [1.165, 1.54) is 19.2 Å². The summed E-state index contributed by atoms with van der Waals surface area (Å²) in [5.41, 5.74) is 1.65. The van der Waals surface area contributed by atoms with Crippen molar-refractivity contribution in [2.45, 2.75) is 17.2 Å². The lowest BCUT2D eigenvalue weighted by Crippen LogP contribution is -2.48. The van der Waals surface area contributed by atoms with E-state index in [2.05, 4.69) is 4.98 Å². The first-order chi connectivity index (χ1) is 18.7. The molecule has 0 bridgehead atoms. The number of aromatic nitrogens is 1. The second kappa shape index (κ2) is 11.1. The van der Waals surface area contributed by atoms with Crippen LogP contribution < -0.4 is 4.74 Å². The van der Waals surface area contributed by atoms with Crippen molar-refractivity contribution in [3.63, 3.8) is 0 Å². The Labute approximate surface area is 225 Å². The number of carbonyl (C=O) groups excluding carboxylic acids is 1. The third kappa shape index (κ3) is 5.76. The summed E-state index contributed by atoms with van der Waals surface area (Å²) in [5.74, 6) is -1.41. The van der Waals surface area contributed by atoms with Gasteiger partial charge in [-0.1, -0.05) is 30.3 Å². The number of hydrogen-bond donors (Lipinski definition) is 0. The molecule has 0 spiro atoms. The number of carbonyl (C=O) groups is 1. The fraction of sp³-hybridized carbons (Fsp3) is 0.241. The molecule has 1 saturated heterocycles. The zero-order valence-corrected chi connectivity index (χ0v) is 22.1. The number of pyridine rings is 1. The highest BCUT2D eigenvalue weighted by atomic mass is 32.2. The average molecular weight is 552 g/mol. The summed E-state index contributed by atoms with van der Waals surface area (Å²) < 4.78 is 59.2. The van der Waals surface area contributed by atoms with Crippen LogP contribution in [-0.4, -0.2) is 62.4 Å². The van der Waals surface area contributed by atoms with Crippen LogP contribution in [0.2, 0.25) is 0 Å². The molecule has 0 atom stereocenters. The largest absolute Gasteiger partial charge is 0.496 e. The molecule has 3 aromatic carbocycles. The van der Waals surface area contributed by atoms with Gasteiger partial charge in [0.15, 0.2) is 9.84 Å². The smallest absolute Gasteiger partial charge is 0.257 e. The van der Waals surface area contributed by atoms with E-state index in [4.69, 9.17) is 4.74 Å². The molecule has 202 valence electrons. The summed E-state index contributed by atoms with van der Waals surface area (Å²) >= 11 is 0. The molecule has 10 heteroatoms. The highest BCUT2D eigenvalue weighted by Crippen LogP contribution is 2.28. The number of benzene rings is 3. The van der Waals surface area contributed by atoms with Gasteiger partial charge in [0, 0.05) is 55.9 Å². The molecule has 4 aromatic rings. The number of para-hydroxylation sites is 1. The number of hydrogen-bond acceptors (Lipinski definition) is 6. The van der Waals surface area contributed by atoms with Crippen LogP contribution in [0, 0.1) is 11.6 Å². The fourth-order valence-corrected chi connectivity index (χ4v) is 6.32. The van der Waals surface area contributed by atoms with E-state index in [1.54, 1.807) is 47.5 Å². The number of nitrogens with zero attached hydrogens (tertiary/aromatic N) is 3. The number of fused-ring (bicyclic) bond motifs is 1. The van der Waals surface area contributed by atoms with E-state index in [1.807, 2.05) is 17.0 Å². The number of piperazine rings is 1. The lowest BCUT2D eigenvalue weighted by atomic mass is 10.1. The van der Waals surface area contributed by atoms with Crippen LogP contribution in [0.3, 0.4) is 0 Å². The third-order valence-corrected chi connectivity index (χ3v) is 8.57. The van der Waals surface area contributed by atoms with Gasteiger partial charge < -0.3 is 9.64 Å². The van der Waals surface area contributed by atoms with Gasteiger partial charge >= 0.3 is 0 Å². The maximum Gasteiger partial charge on any atom is 0.257 e. The van der Waals surface area contributed by atoms with Crippen LogP contribution in [0.15, 0.2) is 77.8 Å². The van der Waals surface area contributed by atoms with Crippen LogP contribution in [0.1, 0.15) is 21.5 Å². The fourth-order valence-electron chi connectivity index (χ4n) is 4.80. The van der Waals surface area contributed by atoms with E-state index >= 15 is 0 Å². The van der Waals surface area contributed by atoms with Gasteiger partial charge in [0.05, 0.1) is 28.8 Å². The second-order valence-corrected chi connectivity index (χ2v) is 11.4. The second-order valence-electron chi connectivity index (χ2n) is 9.43. The standard InChI is InChI=1S/C29H27F2N3O4S/c1-38-26-16-20(19-39(36,37)27-6-2-4-21-5-3-11-32-28(21)27)7-10-24(26)29(35)34-14-12-33(13-15-34)18-22-8-9-23(30)17-25(22)31/h2-11,16-17H,12-15,18-19H2,1H3. The summed E-state index contributed by atoms with van der Waals surface area (Å²) in [6.07, 6.45) is 1.56. The molecular formula is C29H27F2N3O4S. The number of halogens is 2. The molecule has 7 nitrogen and oxygen atoms in total. The minimum atomic E-state index is -3.72. The molecule has 5 rings (SSSR count). The Morgan fingerprint density at radius 1 is 0.974 bits per heavy atom. The minimum Gasteiger partial charge on any atom is -0.496 e. The predicted molar refractivity (Wildman–Crippen MR) is 143 cm³/mol. The van der Waals surface area contributed by atoms with E-state index in [9.17, 15) is 22.0 Å². The normalized spacial score (nSPS) is 14.5. The van der Waals surface area contributed by atoms with Crippen molar-refractivity contribution in [3.05, 3.63) is 101 Å². The summed E-state index contributed by atoms with van der Waals surface area (Å²) in [4.78, 5) is 21.4. The molecule has 1 aliphatic heterocycles. The quantitative estimate of drug-likeness (QED) is 0.338. The lowest BCUT2D eigenvalue weighted by Gasteiger charge is -2.35. The van der Waals surface area contributed by atoms with Crippen LogP contribution in [0.4, 0.5) is 8.78 Å². The van der Waals surface area contributed by atoms with Crippen molar-refractivity contribution in [3.8, 4) is 5.75 Å². The Morgan fingerprint density at radius 3 is 2.49 bits per heavy atom. The molecule has 0 saturated carbocycles. The van der Waals surface area contributed by atoms with Crippen LogP contribution >= 0.6 is 0 Å². The zero-order chi connectivity index (χ0) is 27.6. The molecular weight excluding hydrogens is 524 g/mol.